The Bertz CT molecular complexity index is 1520. The van der Waals surface area contributed by atoms with Crippen molar-refractivity contribution in [1.82, 2.24) is 10.2 Å². The highest BCUT2D eigenvalue weighted by Crippen LogP contribution is 2.37. The van der Waals surface area contributed by atoms with Crippen LogP contribution in [-0.2, 0) is 26.2 Å². The Morgan fingerprint density at radius 1 is 0.860 bits per heavy atom. The van der Waals surface area contributed by atoms with Gasteiger partial charge in [0.1, 0.15) is 18.3 Å². The van der Waals surface area contributed by atoms with Crippen molar-refractivity contribution >= 4 is 39.1 Å². The van der Waals surface area contributed by atoms with Gasteiger partial charge in [-0.05, 0) is 48.7 Å². The summed E-state index contributed by atoms with van der Waals surface area (Å²) in [5.41, 5.74) is 0.823. The van der Waals surface area contributed by atoms with Crippen molar-refractivity contribution in [1.29, 1.82) is 0 Å². The first-order chi connectivity index (χ1) is 20.4. The second-order valence-corrected chi connectivity index (χ2v) is 12.5. The van der Waals surface area contributed by atoms with Crippen LogP contribution in [0.15, 0.2) is 71.6 Å². The molecule has 3 aromatic carbocycles. The van der Waals surface area contributed by atoms with Crippen LogP contribution in [0.2, 0.25) is 5.02 Å². The van der Waals surface area contributed by atoms with E-state index < -0.39 is 28.5 Å². The maximum atomic E-state index is 14.3. The normalized spacial score (nSPS) is 11.9. The fourth-order valence-corrected chi connectivity index (χ4v) is 5.89. The molecule has 12 heteroatoms. The second kappa shape index (κ2) is 15.0. The summed E-state index contributed by atoms with van der Waals surface area (Å²) in [6, 6.07) is 16.9. The lowest BCUT2D eigenvalue weighted by Gasteiger charge is -2.32. The lowest BCUT2D eigenvalue weighted by molar-refractivity contribution is -0.139. The Kier molecular flexibility index (Phi) is 11.7. The molecular formula is C31H38ClN3O7S. The SMILES string of the molecule is COc1ccc(S(=O)(=O)N(CC(=O)N(Cc2ccccc2)C(C)C(=O)NCC(C)C)c2cc(Cl)ccc2OC)cc1OC. The Balaban J connectivity index is 2.12. The molecule has 43 heavy (non-hydrogen) atoms. The first kappa shape index (κ1) is 33.5. The van der Waals surface area contributed by atoms with E-state index in [0.717, 1.165) is 9.87 Å². The minimum absolute atomic E-state index is 0.0507. The summed E-state index contributed by atoms with van der Waals surface area (Å²) in [6.07, 6.45) is 0. The number of anilines is 1. The summed E-state index contributed by atoms with van der Waals surface area (Å²) < 4.78 is 45.5. The molecule has 1 N–H and O–H groups in total. The number of halogens is 1. The molecule has 0 saturated carbocycles. The minimum Gasteiger partial charge on any atom is -0.495 e. The Labute approximate surface area is 258 Å². The van der Waals surface area contributed by atoms with E-state index in [2.05, 4.69) is 5.32 Å². The molecular weight excluding hydrogens is 594 g/mol. The van der Waals surface area contributed by atoms with Crippen molar-refractivity contribution in [2.45, 2.75) is 38.3 Å². The Hall–Kier alpha value is -3.96. The van der Waals surface area contributed by atoms with Gasteiger partial charge in [-0.1, -0.05) is 55.8 Å². The van der Waals surface area contributed by atoms with Crippen molar-refractivity contribution in [3.05, 3.63) is 77.3 Å². The number of benzene rings is 3. The van der Waals surface area contributed by atoms with Gasteiger partial charge in [0.15, 0.2) is 11.5 Å². The van der Waals surface area contributed by atoms with E-state index in [1.807, 2.05) is 44.2 Å². The molecule has 0 heterocycles. The van der Waals surface area contributed by atoms with Crippen LogP contribution < -0.4 is 23.8 Å². The average molecular weight is 632 g/mol. The zero-order valence-corrected chi connectivity index (χ0v) is 26.7. The summed E-state index contributed by atoms with van der Waals surface area (Å²) in [4.78, 5) is 28.5. The maximum absolute atomic E-state index is 14.3. The molecule has 2 amide bonds. The van der Waals surface area contributed by atoms with Gasteiger partial charge in [0.25, 0.3) is 10.0 Å². The lowest BCUT2D eigenvalue weighted by atomic mass is 10.1. The summed E-state index contributed by atoms with van der Waals surface area (Å²) in [6.45, 7) is 5.40. The third kappa shape index (κ3) is 8.32. The molecule has 0 aliphatic heterocycles. The number of hydrogen-bond donors (Lipinski definition) is 1. The number of carbonyl (C=O) groups excluding carboxylic acids is 2. The summed E-state index contributed by atoms with van der Waals surface area (Å²) in [5.74, 6) is -0.0612. The average Bonchev–Trinajstić information content (AvgIpc) is 3.00. The molecule has 1 unspecified atom stereocenters. The van der Waals surface area contributed by atoms with Crippen molar-refractivity contribution in [3.63, 3.8) is 0 Å². The van der Waals surface area contributed by atoms with Crippen molar-refractivity contribution in [3.8, 4) is 17.2 Å². The quantitative estimate of drug-likeness (QED) is 0.273. The topological polar surface area (TPSA) is 114 Å². The van der Waals surface area contributed by atoms with Gasteiger partial charge >= 0.3 is 0 Å². The molecule has 0 fully saturated rings. The minimum atomic E-state index is -4.42. The van der Waals surface area contributed by atoms with Gasteiger partial charge in [-0.25, -0.2) is 8.42 Å². The second-order valence-electron chi connectivity index (χ2n) is 10.2. The number of sulfonamides is 1. The number of amides is 2. The van der Waals surface area contributed by atoms with Crippen LogP contribution in [0.3, 0.4) is 0 Å². The summed E-state index contributed by atoms with van der Waals surface area (Å²) in [7, 11) is -0.202. The van der Waals surface area contributed by atoms with Crippen LogP contribution in [0.25, 0.3) is 0 Å². The van der Waals surface area contributed by atoms with Crippen LogP contribution in [0.4, 0.5) is 5.69 Å². The lowest BCUT2D eigenvalue weighted by Crippen LogP contribution is -2.51. The van der Waals surface area contributed by atoms with E-state index in [-0.39, 0.29) is 45.5 Å². The van der Waals surface area contributed by atoms with E-state index >= 15 is 0 Å². The highest BCUT2D eigenvalue weighted by atomic mass is 35.5. The summed E-state index contributed by atoms with van der Waals surface area (Å²) in [5, 5.41) is 3.10. The number of hydrogen-bond acceptors (Lipinski definition) is 7. The van der Waals surface area contributed by atoms with E-state index in [1.165, 1.54) is 56.6 Å². The van der Waals surface area contributed by atoms with Gasteiger partial charge in [0, 0.05) is 24.2 Å². The van der Waals surface area contributed by atoms with Crippen molar-refractivity contribution in [2.75, 3.05) is 38.7 Å². The predicted molar refractivity (Wildman–Crippen MR) is 166 cm³/mol. The summed E-state index contributed by atoms with van der Waals surface area (Å²) >= 11 is 6.30. The highest BCUT2D eigenvalue weighted by molar-refractivity contribution is 7.92. The molecule has 1 atom stereocenters. The number of nitrogens with zero attached hydrogens (tertiary/aromatic N) is 2. The standard InChI is InChI=1S/C31H38ClN3O7S/c1-21(2)18-33-31(37)22(3)34(19-23-10-8-7-9-11-23)30(36)20-35(26-16-24(32)12-14-27(26)40-4)43(38,39)25-13-15-28(41-5)29(17-25)42-6/h7-17,21-22H,18-20H2,1-6H3,(H,33,37). The molecule has 0 spiro atoms. The predicted octanol–water partition coefficient (Wildman–Crippen LogP) is 4.75. The van der Waals surface area contributed by atoms with E-state index in [0.29, 0.717) is 12.3 Å². The van der Waals surface area contributed by atoms with Gasteiger partial charge in [-0.2, -0.15) is 0 Å². The first-order valence-corrected chi connectivity index (χ1v) is 15.4. The molecule has 0 aromatic heterocycles. The number of ether oxygens (including phenoxy) is 3. The Morgan fingerprint density at radius 3 is 2.09 bits per heavy atom. The zero-order valence-electron chi connectivity index (χ0n) is 25.2. The maximum Gasteiger partial charge on any atom is 0.265 e. The van der Waals surface area contributed by atoms with Crippen molar-refractivity contribution < 1.29 is 32.2 Å². The fraction of sp³-hybridized carbons (Fsp3) is 0.355. The number of rotatable bonds is 14. The molecule has 0 aliphatic rings. The van der Waals surface area contributed by atoms with Gasteiger partial charge in [-0.15, -0.1) is 0 Å². The number of carbonyl (C=O) groups is 2. The van der Waals surface area contributed by atoms with Gasteiger partial charge in [0.05, 0.1) is 31.9 Å². The molecule has 0 saturated heterocycles. The third-order valence-corrected chi connectivity index (χ3v) is 8.67. The molecule has 0 radical (unpaired) electrons. The monoisotopic (exact) mass is 631 g/mol. The van der Waals surface area contributed by atoms with Crippen LogP contribution in [-0.4, -0.2) is 65.6 Å². The smallest absolute Gasteiger partial charge is 0.265 e. The third-order valence-electron chi connectivity index (χ3n) is 6.68. The van der Waals surface area contributed by atoms with E-state index in [4.69, 9.17) is 25.8 Å². The molecule has 232 valence electrons. The van der Waals surface area contributed by atoms with Crippen LogP contribution >= 0.6 is 11.6 Å². The number of methoxy groups -OCH3 is 3. The molecule has 0 bridgehead atoms. The number of nitrogens with one attached hydrogen (secondary N) is 1. The molecule has 3 rings (SSSR count). The highest BCUT2D eigenvalue weighted by Gasteiger charge is 2.34. The van der Waals surface area contributed by atoms with Crippen molar-refractivity contribution in [2.24, 2.45) is 5.92 Å². The Morgan fingerprint density at radius 2 is 1.49 bits per heavy atom. The molecule has 10 nitrogen and oxygen atoms in total. The van der Waals surface area contributed by atoms with Crippen LogP contribution in [0, 0.1) is 5.92 Å². The van der Waals surface area contributed by atoms with Crippen LogP contribution in [0.1, 0.15) is 26.3 Å². The molecule has 0 aliphatic carbocycles. The van der Waals surface area contributed by atoms with Gasteiger partial charge < -0.3 is 24.4 Å². The van der Waals surface area contributed by atoms with E-state index in [1.54, 1.807) is 13.0 Å². The zero-order chi connectivity index (χ0) is 31.7. The van der Waals surface area contributed by atoms with Crippen LogP contribution in [0.5, 0.6) is 17.2 Å². The van der Waals surface area contributed by atoms with Gasteiger partial charge in [0.2, 0.25) is 11.8 Å². The molecule has 3 aromatic rings. The van der Waals surface area contributed by atoms with Gasteiger partial charge in [-0.3, -0.25) is 13.9 Å². The largest absolute Gasteiger partial charge is 0.495 e. The van der Waals surface area contributed by atoms with E-state index in [9.17, 15) is 18.0 Å². The fourth-order valence-electron chi connectivity index (χ4n) is 4.29. The first-order valence-electron chi connectivity index (χ1n) is 13.6.